The molecule has 2 aliphatic rings. The summed E-state index contributed by atoms with van der Waals surface area (Å²) in [6, 6.07) is 102. The first-order chi connectivity index (χ1) is 56.6. The zero-order chi connectivity index (χ0) is 81.2. The van der Waals surface area contributed by atoms with Crippen LogP contribution in [-0.4, -0.2) is 15.8 Å². The van der Waals surface area contributed by atoms with Gasteiger partial charge in [-0.25, -0.2) is 0 Å². The van der Waals surface area contributed by atoms with Crippen LogP contribution in [0.1, 0.15) is 112 Å². The van der Waals surface area contributed by atoms with Crippen LogP contribution < -0.4 is 26.2 Å². The van der Waals surface area contributed by atoms with Gasteiger partial charge in [-0.3, -0.25) is 0 Å². The predicted molar refractivity (Wildman–Crippen MR) is 486 cm³/mol. The number of para-hydroxylation sites is 1. The smallest absolute Gasteiger partial charge is 0.252 e. The van der Waals surface area contributed by atoms with Crippen molar-refractivity contribution in [2.75, 3.05) is 9.80 Å². The van der Waals surface area contributed by atoms with Gasteiger partial charge in [-0.05, 0) is 215 Å². The van der Waals surface area contributed by atoms with E-state index < -0.39 is 12.8 Å². The normalized spacial score (nSPS) is 13.9. The third-order valence-electron chi connectivity index (χ3n) is 24.2. The van der Waals surface area contributed by atoms with Gasteiger partial charge >= 0.3 is 0 Å². The molecule has 2 aliphatic heterocycles. The van der Waals surface area contributed by atoms with Crippen molar-refractivity contribution in [1.82, 2.24) is 9.13 Å². The monoisotopic (exact) mass is 1480 g/mol. The molecule has 0 saturated carbocycles. The maximum Gasteiger partial charge on any atom is 0.252 e. The maximum atomic E-state index is 9.70. The Morgan fingerprint density at radius 3 is 1.35 bits per heavy atom. The van der Waals surface area contributed by atoms with Crippen molar-refractivity contribution in [1.29, 1.82) is 0 Å². The van der Waals surface area contributed by atoms with Crippen LogP contribution in [0.4, 0.5) is 34.1 Å². The molecule has 6 heterocycles. The van der Waals surface area contributed by atoms with E-state index in [9.17, 15) is 5.48 Å². The Balaban J connectivity index is 0.926. The molecule has 5 nitrogen and oxygen atoms in total. The fraction of sp³-hybridized carbons (Fsp3) is 0.151. The number of aromatic nitrogens is 2. The number of hydrogen-bond donors (Lipinski definition) is 0. The molecule has 0 N–H and O–H groups in total. The van der Waals surface area contributed by atoms with Crippen molar-refractivity contribution in [3.05, 3.63) is 332 Å². The first-order valence-electron chi connectivity index (χ1n) is 42.1. The van der Waals surface area contributed by atoms with Gasteiger partial charge in [-0.15, -0.1) is 11.3 Å². The molecule has 15 aromatic carbocycles. The lowest BCUT2D eigenvalue weighted by Crippen LogP contribution is -2.61. The Morgan fingerprint density at radius 2 is 0.761 bits per heavy atom. The van der Waals surface area contributed by atoms with Crippen LogP contribution in [0.2, 0.25) is 0 Å². The van der Waals surface area contributed by atoms with Crippen molar-refractivity contribution in [3.63, 3.8) is 0 Å². The Hall–Kier alpha value is -12.4. The molecule has 0 aliphatic carbocycles. The minimum atomic E-state index is -0.450. The van der Waals surface area contributed by atoms with E-state index in [1.165, 1.54) is 53.9 Å². The highest BCUT2D eigenvalue weighted by molar-refractivity contribution is 7.27. The predicted octanol–water partition coefficient (Wildman–Crippen LogP) is 28.1. The fourth-order valence-corrected chi connectivity index (χ4v) is 19.6. The van der Waals surface area contributed by atoms with Gasteiger partial charge in [-0.2, -0.15) is 0 Å². The molecule has 0 saturated heterocycles. The summed E-state index contributed by atoms with van der Waals surface area (Å²) in [5.74, 6) is 0. The van der Waals surface area contributed by atoms with Crippen molar-refractivity contribution in [3.8, 4) is 55.9 Å². The zero-order valence-corrected chi connectivity index (χ0v) is 66.6. The quantitative estimate of drug-likeness (QED) is 0.142. The van der Waals surface area contributed by atoms with Gasteiger partial charge in [0.2, 0.25) is 0 Å². The molecule has 0 spiro atoms. The molecular formula is C106H87BN4OS. The highest BCUT2D eigenvalue weighted by atomic mass is 32.1. The van der Waals surface area contributed by atoms with Gasteiger partial charge in [0.15, 0.2) is 0 Å². The summed E-state index contributed by atoms with van der Waals surface area (Å²) >= 11 is 1.85. The number of thiophene rings is 1. The van der Waals surface area contributed by atoms with E-state index in [-0.39, 0.29) is 51.4 Å². The first-order valence-corrected chi connectivity index (χ1v) is 40.4. The summed E-state index contributed by atoms with van der Waals surface area (Å²) in [7, 11) is 0. The van der Waals surface area contributed by atoms with Crippen LogP contribution in [0.25, 0.3) is 142 Å². The molecule has 546 valence electrons. The van der Waals surface area contributed by atoms with E-state index in [0.717, 1.165) is 149 Å². The Labute approximate surface area is 672 Å². The second-order valence-corrected chi connectivity index (χ2v) is 36.3. The average molecular weight is 1480 g/mol. The molecule has 4 aromatic heterocycles. The summed E-state index contributed by atoms with van der Waals surface area (Å²) in [5.41, 5.74) is 28.4. The summed E-state index contributed by atoms with van der Waals surface area (Å²) in [5, 5.41) is 9.22. The summed E-state index contributed by atoms with van der Waals surface area (Å²) in [6.45, 7) is 27.2. The second-order valence-electron chi connectivity index (χ2n) is 35.3. The van der Waals surface area contributed by atoms with Crippen molar-refractivity contribution in [2.24, 2.45) is 0 Å². The lowest BCUT2D eigenvalue weighted by molar-refractivity contribution is 0.590. The number of fused-ring (bicyclic) bond motifs is 16. The number of benzene rings is 15. The number of hydrogen-bond acceptors (Lipinski definition) is 4. The summed E-state index contributed by atoms with van der Waals surface area (Å²) < 4.78 is 60.4. The standard InChI is InChI=1S/C106H87BN4OS/c1-103(2,3)70-41-49-89-81(57-70)82-58-71(104(4,5)6)42-50-90(82)108(89)74-45-47-87-95(61-74)111(93-36-25-35-79-78-34-24-33-76(101(78)113-102(79)93)69-40-53-99-85(55-69)77-32-22-23-37-98(77)112-99)97-63-75(109-91-51-43-72(105(7,8)9)59-83(91)84-60-73(106(10,11)12)44-52-92(84)109)62-96-100(97)107(87)86-46-38-68(65-28-18-14-19-29-65)56-94(86)110(96)88-48-39-67(64-26-16-13-17-27-64)54-80(88)66-30-20-15-21-31-66/h13-63H,1-12H3/i14D,18D,19D,28D,29D. The molecule has 0 bridgehead atoms. The lowest BCUT2D eigenvalue weighted by Gasteiger charge is -2.45. The third kappa shape index (κ3) is 10.9. The molecule has 0 unspecified atom stereocenters. The van der Waals surface area contributed by atoms with E-state index in [2.05, 4.69) is 363 Å². The van der Waals surface area contributed by atoms with Gasteiger partial charge in [0, 0.05) is 81.8 Å². The van der Waals surface area contributed by atoms with Crippen molar-refractivity contribution in [2.45, 2.75) is 105 Å². The molecule has 0 fully saturated rings. The lowest BCUT2D eigenvalue weighted by atomic mass is 9.33. The minimum absolute atomic E-state index is 0.113. The number of nitrogens with zero attached hydrogens (tertiary/aromatic N) is 4. The highest BCUT2D eigenvalue weighted by Crippen LogP contribution is 2.54. The van der Waals surface area contributed by atoms with E-state index in [1.54, 1.807) is 0 Å². The zero-order valence-electron chi connectivity index (χ0n) is 70.7. The molecule has 0 amide bonds. The molecule has 0 atom stereocenters. The SMILES string of the molecule is [2H]c1c([2H])c([2H])c(-c2ccc3c(c2)N(c2ccc(-c4ccccc4)cc2-c2ccccc2)c2cc(-n4c5ccc(C(C)(C)C)cc5c5cc(C(C)(C)C)ccc54)cc4c2B3c2ccc(-n3c5ccc(C(C)(C)C)cc5c5cc(C(C)(C)C)ccc53)cc2N4c2cccc3c2sc2c(-c4ccc5oc6ccccc6c5c4)cccc23)c([2H])c1[2H]. The Kier molecular flexibility index (Phi) is 14.0. The van der Waals surface area contributed by atoms with Crippen molar-refractivity contribution >= 4 is 154 Å². The van der Waals surface area contributed by atoms with Crippen LogP contribution in [0.5, 0.6) is 0 Å². The largest absolute Gasteiger partial charge is 0.456 e. The van der Waals surface area contributed by atoms with Gasteiger partial charge < -0.3 is 23.4 Å². The van der Waals surface area contributed by atoms with Gasteiger partial charge in [-0.1, -0.05) is 277 Å². The molecular weight excluding hydrogens is 1390 g/mol. The maximum absolute atomic E-state index is 9.70. The summed E-state index contributed by atoms with van der Waals surface area (Å²) in [4.78, 5) is 5.07. The van der Waals surface area contributed by atoms with E-state index in [0.29, 0.717) is 5.56 Å². The van der Waals surface area contributed by atoms with Gasteiger partial charge in [0.25, 0.3) is 6.71 Å². The number of rotatable bonds is 8. The van der Waals surface area contributed by atoms with E-state index >= 15 is 0 Å². The Morgan fingerprint density at radius 1 is 0.292 bits per heavy atom. The first kappa shape index (κ1) is 63.2. The van der Waals surface area contributed by atoms with Crippen LogP contribution in [-0.2, 0) is 21.7 Å². The minimum Gasteiger partial charge on any atom is -0.456 e. The molecule has 19 aromatic rings. The van der Waals surface area contributed by atoms with Crippen LogP contribution in [0, 0.1) is 0 Å². The number of furan rings is 1. The average Bonchev–Trinajstić information content (AvgIpc) is 0.951. The number of anilines is 6. The highest BCUT2D eigenvalue weighted by Gasteiger charge is 2.45. The van der Waals surface area contributed by atoms with Crippen molar-refractivity contribution < 1.29 is 11.3 Å². The van der Waals surface area contributed by atoms with E-state index in [4.69, 9.17) is 5.79 Å². The van der Waals surface area contributed by atoms with E-state index in [1.807, 2.05) is 29.5 Å². The molecule has 21 rings (SSSR count). The molecule has 0 radical (unpaired) electrons. The Bertz CT molecular complexity index is 7340. The van der Waals surface area contributed by atoms with Crippen LogP contribution in [0.15, 0.2) is 314 Å². The third-order valence-corrected chi connectivity index (χ3v) is 25.5. The summed E-state index contributed by atoms with van der Waals surface area (Å²) in [6.07, 6.45) is 0. The van der Waals surface area contributed by atoms with Crippen LogP contribution in [0.3, 0.4) is 0 Å². The molecule has 113 heavy (non-hydrogen) atoms. The van der Waals surface area contributed by atoms with Gasteiger partial charge in [0.1, 0.15) is 11.2 Å². The topological polar surface area (TPSA) is 29.5 Å². The second kappa shape index (κ2) is 25.0. The molecule has 7 heteroatoms. The fourth-order valence-electron chi connectivity index (χ4n) is 18.3. The van der Waals surface area contributed by atoms with Crippen LogP contribution >= 0.6 is 11.3 Å². The van der Waals surface area contributed by atoms with Gasteiger partial charge in [0.05, 0.1) is 50.7 Å².